The van der Waals surface area contributed by atoms with Gasteiger partial charge in [0.25, 0.3) is 0 Å². The predicted molar refractivity (Wildman–Crippen MR) is 122 cm³/mol. The number of ether oxygens (including phenoxy) is 1. The van der Waals surface area contributed by atoms with Crippen molar-refractivity contribution in [1.29, 1.82) is 0 Å². The number of carbonyl (C=O) groups is 1. The van der Waals surface area contributed by atoms with Crippen LogP contribution in [0.3, 0.4) is 0 Å². The second kappa shape index (κ2) is 11.4. The van der Waals surface area contributed by atoms with E-state index < -0.39 is 5.97 Å². The molecule has 0 bridgehead atoms. The Morgan fingerprint density at radius 2 is 1.97 bits per heavy atom. The van der Waals surface area contributed by atoms with Gasteiger partial charge in [0.15, 0.2) is 5.13 Å². The summed E-state index contributed by atoms with van der Waals surface area (Å²) in [6, 6.07) is 9.93. The van der Waals surface area contributed by atoms with Crippen LogP contribution in [0.15, 0.2) is 30.3 Å². The van der Waals surface area contributed by atoms with E-state index in [-0.39, 0.29) is 6.04 Å². The smallest absolute Gasteiger partial charge is 0.320 e. The predicted octanol–water partition coefficient (Wildman–Crippen LogP) is 4.31. The summed E-state index contributed by atoms with van der Waals surface area (Å²) in [5.41, 5.74) is 7.89. The molecule has 1 aromatic heterocycles. The molecule has 2 aliphatic rings. The van der Waals surface area contributed by atoms with Crippen molar-refractivity contribution in [1.82, 2.24) is 9.88 Å². The third-order valence-electron chi connectivity index (χ3n) is 5.81. The van der Waals surface area contributed by atoms with Crippen LogP contribution < -0.4 is 5.73 Å². The van der Waals surface area contributed by atoms with Crippen LogP contribution in [0.5, 0.6) is 0 Å². The number of likely N-dealkylation sites (tertiary alicyclic amines) is 1. The summed E-state index contributed by atoms with van der Waals surface area (Å²) in [4.78, 5) is 18.9. The third-order valence-corrected chi connectivity index (χ3v) is 6.84. The van der Waals surface area contributed by atoms with E-state index >= 15 is 0 Å². The number of anilines is 1. The minimum absolute atomic E-state index is 0.239. The zero-order chi connectivity index (χ0) is 21.3. The molecule has 164 valence electrons. The molecular formula is C23H33N3O3S. The molecule has 2 saturated heterocycles. The van der Waals surface area contributed by atoms with Crippen LogP contribution in [-0.2, 0) is 16.0 Å². The van der Waals surface area contributed by atoms with Crippen LogP contribution in [-0.4, -0.2) is 53.3 Å². The van der Waals surface area contributed by atoms with Gasteiger partial charge in [-0.05, 0) is 44.6 Å². The maximum atomic E-state index is 11.1. The summed E-state index contributed by atoms with van der Waals surface area (Å²) in [5, 5.41) is 9.83. The van der Waals surface area contributed by atoms with Gasteiger partial charge in [-0.25, -0.2) is 4.98 Å². The van der Waals surface area contributed by atoms with E-state index in [2.05, 4.69) is 28.9 Å². The summed E-state index contributed by atoms with van der Waals surface area (Å²) >= 11 is 1.58. The number of hydrogen-bond acceptors (Lipinski definition) is 6. The number of nitrogens with two attached hydrogens (primary N) is 1. The summed E-state index contributed by atoms with van der Waals surface area (Å²) < 4.78 is 5.33. The Hall–Kier alpha value is -1.96. The standard InChI is InChI=1S/C12H21NO3.C11H12N2S/c14-12(15)11-3-1-2-6-13(11)9-10-4-7-16-8-5-10;1-2-9-10(13-11(12)14-9)8-6-4-3-5-7-8/h10-11H,1-9H2,(H,14,15);3-7H,2H2,1H3,(H2,12,13)/t11-;/m0./s1. The number of nitrogens with zero attached hydrogens (tertiary/aromatic N) is 2. The molecule has 1 aromatic carbocycles. The molecule has 0 radical (unpaired) electrons. The highest BCUT2D eigenvalue weighted by Gasteiger charge is 2.30. The van der Waals surface area contributed by atoms with Gasteiger partial charge in [-0.2, -0.15) is 0 Å². The maximum absolute atomic E-state index is 11.1. The molecule has 0 unspecified atom stereocenters. The zero-order valence-electron chi connectivity index (χ0n) is 17.8. The molecule has 0 amide bonds. The Labute approximate surface area is 183 Å². The fourth-order valence-corrected chi connectivity index (χ4v) is 4.97. The van der Waals surface area contributed by atoms with E-state index in [1.807, 2.05) is 18.2 Å². The molecule has 0 spiro atoms. The first kappa shape index (κ1) is 22.7. The average Bonchev–Trinajstić information content (AvgIpc) is 3.16. The lowest BCUT2D eigenvalue weighted by molar-refractivity contribution is -0.145. The van der Waals surface area contributed by atoms with Crippen LogP contribution in [0.25, 0.3) is 11.3 Å². The lowest BCUT2D eigenvalue weighted by Crippen LogP contribution is -2.47. The van der Waals surface area contributed by atoms with Crippen molar-refractivity contribution in [2.75, 3.05) is 32.0 Å². The van der Waals surface area contributed by atoms with Crippen molar-refractivity contribution < 1.29 is 14.6 Å². The molecule has 2 fully saturated rings. The quantitative estimate of drug-likeness (QED) is 0.733. The highest BCUT2D eigenvalue weighted by Crippen LogP contribution is 2.29. The normalized spacial score (nSPS) is 20.4. The number of benzene rings is 1. The SMILES string of the molecule is CCc1sc(N)nc1-c1ccccc1.O=C(O)[C@@H]1CCCCN1CC1CCOCC1. The monoisotopic (exact) mass is 431 g/mol. The van der Waals surface area contributed by atoms with Crippen molar-refractivity contribution in [3.8, 4) is 11.3 Å². The molecule has 1 atom stereocenters. The highest BCUT2D eigenvalue weighted by molar-refractivity contribution is 7.15. The minimum atomic E-state index is -0.647. The molecule has 7 heteroatoms. The van der Waals surface area contributed by atoms with E-state index in [9.17, 15) is 9.90 Å². The largest absolute Gasteiger partial charge is 0.480 e. The van der Waals surface area contributed by atoms with Gasteiger partial charge in [-0.3, -0.25) is 9.69 Å². The number of hydrogen-bond donors (Lipinski definition) is 2. The van der Waals surface area contributed by atoms with Crippen molar-refractivity contribution in [3.05, 3.63) is 35.2 Å². The van der Waals surface area contributed by atoms with Gasteiger partial charge in [-0.1, -0.05) is 43.7 Å². The Bertz CT molecular complexity index is 790. The first-order chi connectivity index (χ1) is 14.6. The van der Waals surface area contributed by atoms with Gasteiger partial charge in [-0.15, -0.1) is 11.3 Å². The summed E-state index contributed by atoms with van der Waals surface area (Å²) in [7, 11) is 0. The zero-order valence-corrected chi connectivity index (χ0v) is 18.6. The highest BCUT2D eigenvalue weighted by atomic mass is 32.1. The maximum Gasteiger partial charge on any atom is 0.320 e. The van der Waals surface area contributed by atoms with E-state index in [0.29, 0.717) is 11.0 Å². The van der Waals surface area contributed by atoms with Crippen LogP contribution in [0.4, 0.5) is 5.13 Å². The molecule has 2 aromatic rings. The lowest BCUT2D eigenvalue weighted by atomic mass is 9.95. The van der Waals surface area contributed by atoms with Gasteiger partial charge in [0, 0.05) is 30.2 Å². The molecule has 2 aliphatic heterocycles. The van der Waals surface area contributed by atoms with Gasteiger partial charge in [0.1, 0.15) is 6.04 Å². The van der Waals surface area contributed by atoms with Gasteiger partial charge in [0.05, 0.1) is 5.69 Å². The fourth-order valence-electron chi connectivity index (χ4n) is 4.18. The number of carboxylic acids is 1. The Morgan fingerprint density at radius 3 is 2.63 bits per heavy atom. The molecule has 0 saturated carbocycles. The average molecular weight is 432 g/mol. The molecule has 3 heterocycles. The Morgan fingerprint density at radius 1 is 1.23 bits per heavy atom. The summed E-state index contributed by atoms with van der Waals surface area (Å²) in [5.74, 6) is -0.0135. The molecule has 4 rings (SSSR count). The Balaban J connectivity index is 0.000000172. The second-order valence-corrected chi connectivity index (χ2v) is 9.06. The first-order valence-corrected chi connectivity index (χ1v) is 11.7. The number of nitrogen functional groups attached to an aromatic ring is 1. The molecule has 0 aliphatic carbocycles. The third kappa shape index (κ3) is 6.27. The second-order valence-electron chi connectivity index (χ2n) is 7.94. The number of piperidine rings is 1. The van der Waals surface area contributed by atoms with Gasteiger partial charge in [0.2, 0.25) is 0 Å². The van der Waals surface area contributed by atoms with E-state index in [0.717, 1.165) is 76.1 Å². The number of aryl methyl sites for hydroxylation is 1. The van der Waals surface area contributed by atoms with E-state index in [1.165, 1.54) is 4.88 Å². The molecule has 3 N–H and O–H groups in total. The van der Waals surface area contributed by atoms with E-state index in [4.69, 9.17) is 10.5 Å². The van der Waals surface area contributed by atoms with Crippen LogP contribution in [0, 0.1) is 5.92 Å². The number of thiazole rings is 1. The minimum Gasteiger partial charge on any atom is -0.480 e. The van der Waals surface area contributed by atoms with Crippen molar-refractivity contribution in [2.45, 2.75) is 51.5 Å². The summed E-state index contributed by atoms with van der Waals surface area (Å²) in [6.45, 7) is 5.71. The molecule has 6 nitrogen and oxygen atoms in total. The lowest BCUT2D eigenvalue weighted by Gasteiger charge is -2.36. The van der Waals surface area contributed by atoms with E-state index in [1.54, 1.807) is 11.3 Å². The topological polar surface area (TPSA) is 88.7 Å². The number of carboxylic acid groups (broad SMARTS) is 1. The number of aromatic nitrogens is 1. The van der Waals surface area contributed by atoms with Crippen LogP contribution in [0.1, 0.15) is 43.9 Å². The number of aliphatic carboxylic acids is 1. The van der Waals surface area contributed by atoms with Crippen LogP contribution >= 0.6 is 11.3 Å². The van der Waals surface area contributed by atoms with Gasteiger partial charge < -0.3 is 15.6 Å². The van der Waals surface area contributed by atoms with Crippen molar-refractivity contribution >= 4 is 22.4 Å². The molecule has 30 heavy (non-hydrogen) atoms. The van der Waals surface area contributed by atoms with Crippen molar-refractivity contribution in [2.24, 2.45) is 5.92 Å². The fraction of sp³-hybridized carbons (Fsp3) is 0.565. The van der Waals surface area contributed by atoms with Gasteiger partial charge >= 0.3 is 5.97 Å². The Kier molecular flexibility index (Phi) is 8.66. The summed E-state index contributed by atoms with van der Waals surface area (Å²) in [6.07, 6.45) is 6.18. The van der Waals surface area contributed by atoms with Crippen molar-refractivity contribution in [3.63, 3.8) is 0 Å². The number of rotatable bonds is 5. The first-order valence-electron chi connectivity index (χ1n) is 10.9. The van der Waals surface area contributed by atoms with Crippen LogP contribution in [0.2, 0.25) is 0 Å². The molecular weight excluding hydrogens is 398 g/mol.